The average Bonchev–Trinajstić information content (AvgIpc) is 3.20. The number of aromatic nitrogens is 4. The number of aliphatic carboxylic acids is 1. The number of ether oxygens (including phenoxy) is 1. The number of hydrogen-bond donors (Lipinski definition) is 1. The van der Waals surface area contributed by atoms with E-state index in [4.69, 9.17) is 16.3 Å². The van der Waals surface area contributed by atoms with Crippen LogP contribution in [0.3, 0.4) is 0 Å². The summed E-state index contributed by atoms with van der Waals surface area (Å²) in [6.45, 7) is -0.264. The van der Waals surface area contributed by atoms with Gasteiger partial charge in [0.2, 0.25) is 5.95 Å². The van der Waals surface area contributed by atoms with Crippen molar-refractivity contribution in [3.63, 3.8) is 0 Å². The van der Waals surface area contributed by atoms with Crippen molar-refractivity contribution in [2.75, 3.05) is 30.9 Å². The Kier molecular flexibility index (Phi) is 7.75. The molecule has 33 heavy (non-hydrogen) atoms. The van der Waals surface area contributed by atoms with E-state index in [1.165, 1.54) is 30.5 Å². The van der Waals surface area contributed by atoms with Gasteiger partial charge in [0, 0.05) is 25.0 Å². The van der Waals surface area contributed by atoms with Crippen molar-refractivity contribution in [3.8, 4) is 17.1 Å². The topological polar surface area (TPSA) is 108 Å². The molecule has 1 N–H and O–H groups in total. The molecule has 9 nitrogen and oxygen atoms in total. The van der Waals surface area contributed by atoms with Crippen molar-refractivity contribution in [1.29, 1.82) is 0 Å². The van der Waals surface area contributed by atoms with Crippen LogP contribution in [-0.4, -0.2) is 46.0 Å². The molecule has 3 aromatic heterocycles. The van der Waals surface area contributed by atoms with Crippen LogP contribution in [0.25, 0.3) is 17.0 Å². The van der Waals surface area contributed by atoms with Gasteiger partial charge in [-0.1, -0.05) is 11.6 Å². The number of carboxylic acid groups (broad SMARTS) is 1. The van der Waals surface area contributed by atoms with Gasteiger partial charge in [0.15, 0.2) is 11.5 Å². The molecular weight excluding hydrogens is 462 g/mol. The minimum atomic E-state index is -1.19. The molecule has 0 aliphatic rings. The van der Waals surface area contributed by atoms with Crippen LogP contribution in [-0.2, 0) is 4.79 Å². The fourth-order valence-electron chi connectivity index (χ4n) is 3.18. The van der Waals surface area contributed by atoms with Crippen molar-refractivity contribution in [1.82, 2.24) is 19.4 Å². The Bertz CT molecular complexity index is 1320. The number of carbonyl (C=O) groups is 1. The van der Waals surface area contributed by atoms with E-state index in [9.17, 15) is 14.3 Å². The maximum absolute atomic E-state index is 14.0. The van der Waals surface area contributed by atoms with E-state index in [1.807, 2.05) is 0 Å². The van der Waals surface area contributed by atoms with Crippen LogP contribution >= 0.6 is 11.6 Å². The summed E-state index contributed by atoms with van der Waals surface area (Å²) in [5.41, 5.74) is 2.20. The number of methoxy groups -OCH3 is 1. The summed E-state index contributed by atoms with van der Waals surface area (Å²) in [5.74, 6) is -0.978. The number of fused-ring (bicyclic) bond motifs is 1. The van der Waals surface area contributed by atoms with E-state index < -0.39 is 11.8 Å². The van der Waals surface area contributed by atoms with Gasteiger partial charge in [0.25, 0.3) is 0 Å². The molecule has 4 aromatic rings. The van der Waals surface area contributed by atoms with Gasteiger partial charge in [-0.2, -0.15) is 0 Å². The average molecular weight is 479 g/mol. The number of nitrogens with zero attached hydrogens (tertiary/aromatic N) is 5. The fraction of sp³-hybridized carbons (Fsp3) is 0.143. The number of rotatable bonds is 7. The van der Waals surface area contributed by atoms with Crippen LogP contribution in [0.1, 0.15) is 0 Å². The third-order valence-electron chi connectivity index (χ3n) is 4.71. The third kappa shape index (κ3) is 5.19. The van der Waals surface area contributed by atoms with E-state index >= 15 is 0 Å². The van der Waals surface area contributed by atoms with E-state index in [0.717, 1.165) is 0 Å². The predicted octanol–water partition coefficient (Wildman–Crippen LogP) is -0.474. The molecule has 4 rings (SSSR count). The molecule has 3 heterocycles. The van der Waals surface area contributed by atoms with Crippen LogP contribution in [0.4, 0.5) is 21.7 Å². The molecule has 0 fully saturated rings. The predicted molar refractivity (Wildman–Crippen MR) is 116 cm³/mol. The van der Waals surface area contributed by atoms with Crippen molar-refractivity contribution < 1.29 is 48.6 Å². The zero-order chi connectivity index (χ0) is 22.8. The summed E-state index contributed by atoms with van der Waals surface area (Å²) in [4.78, 5) is 25.1. The molecule has 0 spiro atoms. The van der Waals surface area contributed by atoms with Crippen molar-refractivity contribution in [3.05, 3.63) is 59.8 Å². The van der Waals surface area contributed by atoms with Gasteiger partial charge in [-0.15, -0.1) is 0 Å². The molecule has 1 aromatic carbocycles. The Hall–Kier alpha value is -2.92. The van der Waals surface area contributed by atoms with Gasteiger partial charge in [-0.25, -0.2) is 19.3 Å². The summed E-state index contributed by atoms with van der Waals surface area (Å²) < 4.78 is 21.0. The minimum Gasteiger partial charge on any atom is -0.548 e. The largest absolute Gasteiger partial charge is 1.00 e. The maximum Gasteiger partial charge on any atom is 1.00 e. The molecule has 0 unspecified atom stereocenters. The van der Waals surface area contributed by atoms with Gasteiger partial charge in [0.1, 0.15) is 11.4 Å². The molecule has 12 heteroatoms. The van der Waals surface area contributed by atoms with Crippen LogP contribution in [0.2, 0.25) is 5.02 Å². The third-order valence-corrected chi connectivity index (χ3v) is 4.99. The molecule has 0 saturated carbocycles. The number of carbonyl (C=O) groups excluding carboxylic acids is 1. The number of benzene rings is 1. The monoisotopic (exact) mass is 478 g/mol. The first kappa shape index (κ1) is 24.7. The van der Waals surface area contributed by atoms with Crippen LogP contribution < -0.4 is 49.6 Å². The van der Waals surface area contributed by atoms with Crippen molar-refractivity contribution >= 4 is 40.5 Å². The quantitative estimate of drug-likeness (QED) is 0.355. The second kappa shape index (κ2) is 10.3. The summed E-state index contributed by atoms with van der Waals surface area (Å²) >= 11 is 6.32. The first-order chi connectivity index (χ1) is 15.4. The number of likely N-dealkylation sites (N-methyl/N-ethyl adjacent to an activating group) is 1. The number of pyridine rings is 1. The molecule has 0 aliphatic carbocycles. The standard InChI is InChI=1S/C21H18ClFN6O3.Na/c1-28(11-18(30)31)12-5-6-15(17(8-12)32-2)26-21-25-9-13(22)19(27-21)16-10-24-20-14(23)4-3-7-29(16)20;/h3-10H,11H2,1-2H3,(H,30,31)(H,25,26,27);/q;+1/p-1. The Morgan fingerprint density at radius 1 is 1.30 bits per heavy atom. The number of hydrogen-bond acceptors (Lipinski definition) is 8. The van der Waals surface area contributed by atoms with Gasteiger partial charge in [-0.05, 0) is 24.3 Å². The van der Waals surface area contributed by atoms with Crippen LogP contribution in [0, 0.1) is 5.82 Å². The fourth-order valence-corrected chi connectivity index (χ4v) is 3.37. The summed E-state index contributed by atoms with van der Waals surface area (Å²) in [5, 5.41) is 14.2. The molecule has 0 bridgehead atoms. The molecule has 0 saturated heterocycles. The van der Waals surface area contributed by atoms with Gasteiger partial charge >= 0.3 is 29.6 Å². The van der Waals surface area contributed by atoms with Gasteiger partial charge in [0.05, 0.1) is 48.4 Å². The van der Waals surface area contributed by atoms with Crippen LogP contribution in [0.5, 0.6) is 5.75 Å². The molecule has 0 aliphatic heterocycles. The smallest absolute Gasteiger partial charge is 0.548 e. The van der Waals surface area contributed by atoms with E-state index in [2.05, 4.69) is 20.3 Å². The van der Waals surface area contributed by atoms with E-state index in [1.54, 1.807) is 41.9 Å². The Morgan fingerprint density at radius 2 is 2.09 bits per heavy atom. The number of anilines is 3. The minimum absolute atomic E-state index is 0. The summed E-state index contributed by atoms with van der Waals surface area (Å²) in [6, 6.07) is 7.99. The second-order valence-corrected chi connectivity index (χ2v) is 7.23. The zero-order valence-corrected chi connectivity index (χ0v) is 20.8. The molecule has 0 atom stereocenters. The molecule has 164 valence electrons. The van der Waals surface area contributed by atoms with Crippen LogP contribution in [0.15, 0.2) is 48.9 Å². The molecular formula is C21H17ClFN6NaO3. The van der Waals surface area contributed by atoms with Gasteiger partial charge < -0.3 is 24.9 Å². The number of imidazole rings is 1. The maximum atomic E-state index is 14.0. The van der Waals surface area contributed by atoms with E-state index in [-0.39, 0.29) is 52.7 Å². The molecule has 0 radical (unpaired) electrons. The zero-order valence-electron chi connectivity index (χ0n) is 18.0. The first-order valence-electron chi connectivity index (χ1n) is 9.38. The summed E-state index contributed by atoms with van der Waals surface area (Å²) in [7, 11) is 3.12. The summed E-state index contributed by atoms with van der Waals surface area (Å²) in [6.07, 6.45) is 4.58. The number of carboxylic acids is 1. The Balaban J connectivity index is 0.00000306. The first-order valence-corrected chi connectivity index (χ1v) is 9.75. The SMILES string of the molecule is COc1cc(N(C)CC(=O)[O-])ccc1Nc1ncc(Cl)c(-c2cnc3c(F)cccn23)n1.[Na+]. The molecule has 0 amide bonds. The second-order valence-electron chi connectivity index (χ2n) is 6.82. The van der Waals surface area contributed by atoms with Crippen molar-refractivity contribution in [2.24, 2.45) is 0 Å². The van der Waals surface area contributed by atoms with E-state index in [0.29, 0.717) is 28.5 Å². The number of nitrogens with one attached hydrogen (secondary N) is 1. The van der Waals surface area contributed by atoms with Crippen molar-refractivity contribution in [2.45, 2.75) is 0 Å². The Morgan fingerprint density at radius 3 is 2.82 bits per heavy atom. The van der Waals surface area contributed by atoms with Gasteiger partial charge in [-0.3, -0.25) is 4.40 Å². The Labute approximate surface area is 215 Å². The normalized spacial score (nSPS) is 10.5. The number of halogens is 2.